The van der Waals surface area contributed by atoms with Gasteiger partial charge in [-0.3, -0.25) is 0 Å². The zero-order valence-electron chi connectivity index (χ0n) is 11.6. The monoisotopic (exact) mass is 335 g/mol. The van der Waals surface area contributed by atoms with E-state index in [1.54, 1.807) is 0 Å². The molecule has 0 amide bonds. The molecule has 100 valence electrons. The van der Waals surface area contributed by atoms with E-state index in [2.05, 4.69) is 53.8 Å². The first kappa shape index (κ1) is 13.4. The summed E-state index contributed by atoms with van der Waals surface area (Å²) in [6.07, 6.45) is 3.22. The molecule has 4 heteroatoms. The molecular formula is C15H18BrNOSi. The summed E-state index contributed by atoms with van der Waals surface area (Å²) in [6, 6.07) is 8.80. The Labute approximate surface area is 124 Å². The Morgan fingerprint density at radius 1 is 1.26 bits per heavy atom. The predicted octanol–water partition coefficient (Wildman–Crippen LogP) is 4.45. The van der Waals surface area contributed by atoms with Crippen molar-refractivity contribution in [2.75, 3.05) is 0 Å². The Bertz CT molecular complexity index is 583. The van der Waals surface area contributed by atoms with Gasteiger partial charge >= 0.3 is 0 Å². The molecule has 2 nitrogen and oxygen atoms in total. The van der Waals surface area contributed by atoms with Crippen molar-refractivity contribution in [3.63, 3.8) is 0 Å². The number of fused-ring (bicyclic) bond motifs is 2. The predicted molar refractivity (Wildman–Crippen MR) is 81.4 cm³/mol. The van der Waals surface area contributed by atoms with E-state index >= 15 is 0 Å². The van der Waals surface area contributed by atoms with Crippen LogP contribution in [-0.4, -0.2) is 8.32 Å². The normalized spacial score (nSPS) is 27.1. The van der Waals surface area contributed by atoms with E-state index < -0.39 is 13.9 Å². The van der Waals surface area contributed by atoms with E-state index in [0.717, 1.165) is 16.5 Å². The van der Waals surface area contributed by atoms with Gasteiger partial charge in [-0.25, -0.2) is 0 Å². The van der Waals surface area contributed by atoms with Gasteiger partial charge in [-0.2, -0.15) is 5.26 Å². The van der Waals surface area contributed by atoms with Crippen molar-refractivity contribution < 1.29 is 4.43 Å². The van der Waals surface area contributed by atoms with Crippen molar-refractivity contribution in [1.29, 1.82) is 5.26 Å². The van der Waals surface area contributed by atoms with Crippen LogP contribution < -0.4 is 0 Å². The topological polar surface area (TPSA) is 33.0 Å². The summed E-state index contributed by atoms with van der Waals surface area (Å²) in [6.45, 7) is 6.47. The standard InChI is InChI=1S/C15H18BrNOSi/c1-19(2,3)18-15(10-17)9-14(6-7-14)13-8-11(16)4-5-12(13)15/h4-5,8H,6-7,9H2,1-3H3. The molecule has 3 rings (SSSR count). The molecule has 1 fully saturated rings. The third kappa shape index (κ3) is 2.08. The Hall–Kier alpha value is -0.633. The van der Waals surface area contributed by atoms with Crippen LogP contribution in [0.3, 0.4) is 0 Å². The van der Waals surface area contributed by atoms with Gasteiger partial charge < -0.3 is 4.43 Å². The van der Waals surface area contributed by atoms with E-state index in [4.69, 9.17) is 4.43 Å². The van der Waals surface area contributed by atoms with Crippen molar-refractivity contribution >= 4 is 24.2 Å². The average molecular weight is 336 g/mol. The third-order valence-electron chi connectivity index (χ3n) is 4.09. The van der Waals surface area contributed by atoms with Crippen molar-refractivity contribution in [2.45, 2.75) is 49.9 Å². The second-order valence-electron chi connectivity index (χ2n) is 6.80. The lowest BCUT2D eigenvalue weighted by atomic mass is 9.97. The van der Waals surface area contributed by atoms with Crippen molar-refractivity contribution in [2.24, 2.45) is 0 Å². The van der Waals surface area contributed by atoms with Gasteiger partial charge in [0.1, 0.15) is 6.07 Å². The summed E-state index contributed by atoms with van der Waals surface area (Å²) in [5.41, 5.74) is 1.95. The summed E-state index contributed by atoms with van der Waals surface area (Å²) >= 11 is 3.55. The number of benzene rings is 1. The quantitative estimate of drug-likeness (QED) is 0.747. The third-order valence-corrected chi connectivity index (χ3v) is 5.54. The molecule has 1 spiro atoms. The van der Waals surface area contributed by atoms with Gasteiger partial charge in [0.25, 0.3) is 0 Å². The first-order valence-electron chi connectivity index (χ1n) is 6.72. The highest BCUT2D eigenvalue weighted by atomic mass is 79.9. The number of rotatable bonds is 2. The summed E-state index contributed by atoms with van der Waals surface area (Å²) < 4.78 is 7.44. The molecule has 1 unspecified atom stereocenters. The van der Waals surface area contributed by atoms with Crippen molar-refractivity contribution in [1.82, 2.24) is 0 Å². The van der Waals surface area contributed by atoms with Crippen molar-refractivity contribution in [3.05, 3.63) is 33.8 Å². The fourth-order valence-electron chi connectivity index (χ4n) is 3.31. The summed E-state index contributed by atoms with van der Waals surface area (Å²) in [5, 5.41) is 9.79. The van der Waals surface area contributed by atoms with E-state index in [1.165, 1.54) is 18.4 Å². The maximum absolute atomic E-state index is 9.79. The largest absolute Gasteiger partial charge is 0.396 e. The number of halogens is 1. The SMILES string of the molecule is C[Si](C)(C)OC1(C#N)CC2(CC2)c2cc(Br)ccc21. The number of hydrogen-bond donors (Lipinski definition) is 0. The molecule has 1 saturated carbocycles. The fourth-order valence-corrected chi connectivity index (χ4v) is 4.94. The highest BCUT2D eigenvalue weighted by Gasteiger charge is 2.60. The molecule has 0 aliphatic heterocycles. The highest BCUT2D eigenvalue weighted by Crippen LogP contribution is 2.63. The van der Waals surface area contributed by atoms with E-state index in [0.29, 0.717) is 0 Å². The maximum atomic E-state index is 9.79. The second kappa shape index (κ2) is 3.94. The van der Waals surface area contributed by atoms with Gasteiger partial charge in [0, 0.05) is 16.5 Å². The molecule has 19 heavy (non-hydrogen) atoms. The molecule has 0 saturated heterocycles. The summed E-state index contributed by atoms with van der Waals surface area (Å²) in [7, 11) is -1.77. The number of hydrogen-bond acceptors (Lipinski definition) is 2. The minimum atomic E-state index is -1.77. The average Bonchev–Trinajstić information content (AvgIpc) is 3.01. The molecule has 2 aliphatic rings. The lowest BCUT2D eigenvalue weighted by Gasteiger charge is -2.31. The van der Waals surface area contributed by atoms with Crippen LogP contribution in [0.25, 0.3) is 0 Å². The van der Waals surface area contributed by atoms with Gasteiger partial charge in [0.15, 0.2) is 13.9 Å². The Kier molecular flexibility index (Phi) is 2.77. The molecule has 0 bridgehead atoms. The molecular weight excluding hydrogens is 318 g/mol. The van der Waals surface area contributed by atoms with Crippen LogP contribution in [0.4, 0.5) is 0 Å². The van der Waals surface area contributed by atoms with Gasteiger partial charge in [-0.05, 0) is 55.6 Å². The summed E-state index contributed by atoms with van der Waals surface area (Å²) in [5.74, 6) is 0. The molecule has 0 heterocycles. The van der Waals surface area contributed by atoms with Crippen LogP contribution in [0, 0.1) is 11.3 Å². The second-order valence-corrected chi connectivity index (χ2v) is 12.1. The van der Waals surface area contributed by atoms with E-state index in [-0.39, 0.29) is 5.41 Å². The van der Waals surface area contributed by atoms with Gasteiger partial charge in [-0.1, -0.05) is 22.0 Å². The van der Waals surface area contributed by atoms with Crippen LogP contribution in [0.5, 0.6) is 0 Å². The number of nitriles is 1. The lowest BCUT2D eigenvalue weighted by molar-refractivity contribution is 0.112. The number of nitrogens with zero attached hydrogens (tertiary/aromatic N) is 1. The van der Waals surface area contributed by atoms with Gasteiger partial charge in [-0.15, -0.1) is 0 Å². The van der Waals surface area contributed by atoms with E-state index in [1.807, 2.05) is 6.07 Å². The summed E-state index contributed by atoms with van der Waals surface area (Å²) in [4.78, 5) is 0. The molecule has 2 aliphatic carbocycles. The minimum absolute atomic E-state index is 0.217. The van der Waals surface area contributed by atoms with Gasteiger partial charge in [0.05, 0.1) is 0 Å². The van der Waals surface area contributed by atoms with Crippen molar-refractivity contribution in [3.8, 4) is 6.07 Å². The van der Waals surface area contributed by atoms with Crippen LogP contribution in [0.1, 0.15) is 30.4 Å². The van der Waals surface area contributed by atoms with E-state index in [9.17, 15) is 5.26 Å². The molecule has 0 radical (unpaired) electrons. The fraction of sp³-hybridized carbons (Fsp3) is 0.533. The zero-order chi connectivity index (χ0) is 13.9. The lowest BCUT2D eigenvalue weighted by Crippen LogP contribution is -2.38. The molecule has 1 aromatic carbocycles. The first-order valence-corrected chi connectivity index (χ1v) is 10.9. The Morgan fingerprint density at radius 2 is 1.95 bits per heavy atom. The van der Waals surface area contributed by atoms with Crippen LogP contribution >= 0.6 is 15.9 Å². The molecule has 1 atom stereocenters. The highest BCUT2D eigenvalue weighted by molar-refractivity contribution is 9.10. The maximum Gasteiger partial charge on any atom is 0.186 e. The Balaban J connectivity index is 2.14. The zero-order valence-corrected chi connectivity index (χ0v) is 14.2. The van der Waals surface area contributed by atoms with Crippen LogP contribution in [0.15, 0.2) is 22.7 Å². The molecule has 1 aromatic rings. The smallest absolute Gasteiger partial charge is 0.186 e. The first-order chi connectivity index (χ1) is 8.80. The Morgan fingerprint density at radius 3 is 2.47 bits per heavy atom. The van der Waals surface area contributed by atoms with Gasteiger partial charge in [0.2, 0.25) is 0 Å². The molecule has 0 N–H and O–H groups in total. The molecule has 0 aromatic heterocycles. The van der Waals surface area contributed by atoms with Crippen LogP contribution in [0.2, 0.25) is 19.6 Å². The van der Waals surface area contributed by atoms with Crippen LogP contribution in [-0.2, 0) is 15.4 Å². The minimum Gasteiger partial charge on any atom is -0.396 e.